The number of likely N-dealkylation sites (N-methyl/N-ethyl adjacent to an activating group) is 1. The van der Waals surface area contributed by atoms with E-state index in [4.69, 9.17) is 4.74 Å². The van der Waals surface area contributed by atoms with Crippen molar-refractivity contribution in [2.24, 2.45) is 5.92 Å². The lowest BCUT2D eigenvalue weighted by molar-refractivity contribution is -0.149. The fourth-order valence-electron chi connectivity index (χ4n) is 1.59. The van der Waals surface area contributed by atoms with E-state index in [0.717, 1.165) is 0 Å². The van der Waals surface area contributed by atoms with E-state index in [2.05, 4.69) is 0 Å². The average molecular weight is 231 g/mol. The van der Waals surface area contributed by atoms with Gasteiger partial charge in [0.05, 0.1) is 0 Å². The predicted molar refractivity (Wildman–Crippen MR) is 69.3 cm³/mol. The van der Waals surface area contributed by atoms with Crippen molar-refractivity contribution >= 4 is 5.97 Å². The van der Waals surface area contributed by atoms with Crippen LogP contribution in [-0.4, -0.2) is 29.7 Å². The Morgan fingerprint density at radius 2 is 1.56 bits per heavy atom. The standard InChI is InChI=1S/C9H17NO2.2C2H6/c1-6(2)7-8(11)12-9(3,4)10(7)5;2*1-2/h6-7H,1-5H3;2*1-2H3. The van der Waals surface area contributed by atoms with Crippen molar-refractivity contribution in [1.82, 2.24) is 4.90 Å². The molecule has 1 aliphatic heterocycles. The molecule has 1 rings (SSSR count). The Kier molecular flexibility index (Phi) is 8.53. The van der Waals surface area contributed by atoms with Crippen LogP contribution >= 0.6 is 0 Å². The summed E-state index contributed by atoms with van der Waals surface area (Å²) in [7, 11) is 1.93. The highest BCUT2D eigenvalue weighted by Gasteiger charge is 2.46. The average Bonchev–Trinajstić information content (AvgIpc) is 2.42. The number of hydrogen-bond donors (Lipinski definition) is 0. The molecule has 0 aliphatic carbocycles. The van der Waals surface area contributed by atoms with Crippen LogP contribution in [-0.2, 0) is 9.53 Å². The van der Waals surface area contributed by atoms with Gasteiger partial charge in [0.2, 0.25) is 0 Å². The zero-order chi connectivity index (χ0) is 13.5. The first-order chi connectivity index (χ1) is 7.36. The minimum atomic E-state index is -0.438. The number of cyclic esters (lactones) is 1. The Morgan fingerprint density at radius 3 is 1.69 bits per heavy atom. The third-order valence-electron chi connectivity index (χ3n) is 2.49. The van der Waals surface area contributed by atoms with E-state index in [-0.39, 0.29) is 12.0 Å². The van der Waals surface area contributed by atoms with E-state index >= 15 is 0 Å². The highest BCUT2D eigenvalue weighted by Crippen LogP contribution is 2.29. The van der Waals surface area contributed by atoms with Gasteiger partial charge < -0.3 is 4.74 Å². The molecule has 0 bridgehead atoms. The van der Waals surface area contributed by atoms with Gasteiger partial charge in [-0.3, -0.25) is 9.69 Å². The molecule has 0 aromatic carbocycles. The second kappa shape index (κ2) is 7.66. The zero-order valence-electron chi connectivity index (χ0n) is 12.4. The summed E-state index contributed by atoms with van der Waals surface area (Å²) in [5.41, 5.74) is -0.438. The summed E-state index contributed by atoms with van der Waals surface area (Å²) >= 11 is 0. The Balaban J connectivity index is 0. The van der Waals surface area contributed by atoms with Gasteiger partial charge in [-0.1, -0.05) is 41.5 Å². The second-order valence-electron chi connectivity index (χ2n) is 4.17. The molecule has 1 saturated heterocycles. The van der Waals surface area contributed by atoms with Gasteiger partial charge in [-0.2, -0.15) is 0 Å². The molecule has 1 aliphatic rings. The van der Waals surface area contributed by atoms with Crippen LogP contribution in [0, 0.1) is 5.92 Å². The number of hydrogen-bond acceptors (Lipinski definition) is 3. The van der Waals surface area contributed by atoms with Crippen LogP contribution in [0.2, 0.25) is 0 Å². The minimum Gasteiger partial charge on any atom is -0.443 e. The number of carbonyl (C=O) groups excluding carboxylic acids is 1. The highest BCUT2D eigenvalue weighted by molar-refractivity contribution is 5.78. The van der Waals surface area contributed by atoms with E-state index in [1.807, 2.05) is 67.3 Å². The van der Waals surface area contributed by atoms with Crippen molar-refractivity contribution in [2.75, 3.05) is 7.05 Å². The largest absolute Gasteiger partial charge is 0.443 e. The third kappa shape index (κ3) is 4.12. The van der Waals surface area contributed by atoms with Gasteiger partial charge in [-0.15, -0.1) is 0 Å². The summed E-state index contributed by atoms with van der Waals surface area (Å²) in [6.45, 7) is 15.9. The maximum absolute atomic E-state index is 11.4. The van der Waals surface area contributed by atoms with Crippen LogP contribution in [0.15, 0.2) is 0 Å². The zero-order valence-corrected chi connectivity index (χ0v) is 12.4. The van der Waals surface area contributed by atoms with E-state index in [0.29, 0.717) is 5.92 Å². The summed E-state index contributed by atoms with van der Waals surface area (Å²) in [6, 6.07) is -0.0833. The molecule has 1 fully saturated rings. The van der Waals surface area contributed by atoms with Crippen molar-refractivity contribution in [1.29, 1.82) is 0 Å². The molecule has 3 heteroatoms. The van der Waals surface area contributed by atoms with Crippen molar-refractivity contribution in [3.63, 3.8) is 0 Å². The van der Waals surface area contributed by atoms with E-state index in [1.54, 1.807) is 0 Å². The van der Waals surface area contributed by atoms with E-state index in [1.165, 1.54) is 0 Å². The van der Waals surface area contributed by atoms with Gasteiger partial charge >= 0.3 is 5.97 Å². The molecule has 1 atom stereocenters. The molecule has 0 aromatic rings. The molecular formula is C13H29NO2. The summed E-state index contributed by atoms with van der Waals surface area (Å²) in [5.74, 6) is 0.210. The van der Waals surface area contributed by atoms with Gasteiger partial charge in [-0.05, 0) is 26.8 Å². The predicted octanol–water partition coefficient (Wildman–Crippen LogP) is 3.29. The van der Waals surface area contributed by atoms with Gasteiger partial charge in [-0.25, -0.2) is 0 Å². The molecule has 1 unspecified atom stereocenters. The number of carbonyl (C=O) groups is 1. The fraction of sp³-hybridized carbons (Fsp3) is 0.923. The first-order valence-corrected chi connectivity index (χ1v) is 6.32. The molecule has 0 N–H and O–H groups in total. The molecule has 16 heavy (non-hydrogen) atoms. The van der Waals surface area contributed by atoms with Gasteiger partial charge in [0.25, 0.3) is 0 Å². The number of ether oxygens (including phenoxy) is 1. The molecular weight excluding hydrogens is 202 g/mol. The summed E-state index contributed by atoms with van der Waals surface area (Å²) < 4.78 is 5.22. The minimum absolute atomic E-state index is 0.0833. The van der Waals surface area contributed by atoms with Crippen LogP contribution in [0.5, 0.6) is 0 Å². The molecule has 98 valence electrons. The Morgan fingerprint density at radius 1 is 1.19 bits per heavy atom. The monoisotopic (exact) mass is 231 g/mol. The van der Waals surface area contributed by atoms with Crippen LogP contribution in [0.4, 0.5) is 0 Å². The lowest BCUT2D eigenvalue weighted by atomic mass is 10.0. The third-order valence-corrected chi connectivity index (χ3v) is 2.49. The Hall–Kier alpha value is -0.570. The quantitative estimate of drug-likeness (QED) is 0.649. The molecule has 0 aromatic heterocycles. The van der Waals surface area contributed by atoms with Crippen LogP contribution in [0.3, 0.4) is 0 Å². The van der Waals surface area contributed by atoms with Crippen molar-refractivity contribution in [2.45, 2.75) is 67.2 Å². The summed E-state index contributed by atoms with van der Waals surface area (Å²) in [6.07, 6.45) is 0. The van der Waals surface area contributed by atoms with Gasteiger partial charge in [0, 0.05) is 0 Å². The van der Waals surface area contributed by atoms with Crippen molar-refractivity contribution < 1.29 is 9.53 Å². The molecule has 0 spiro atoms. The first-order valence-electron chi connectivity index (χ1n) is 6.32. The van der Waals surface area contributed by atoms with E-state index < -0.39 is 5.72 Å². The lowest BCUT2D eigenvalue weighted by Gasteiger charge is -2.28. The van der Waals surface area contributed by atoms with Gasteiger partial charge in [0.1, 0.15) is 6.04 Å². The first kappa shape index (κ1) is 17.8. The smallest absolute Gasteiger partial charge is 0.325 e. The van der Waals surface area contributed by atoms with Crippen molar-refractivity contribution in [3.05, 3.63) is 0 Å². The second-order valence-corrected chi connectivity index (χ2v) is 4.17. The van der Waals surface area contributed by atoms with Crippen LogP contribution in [0.25, 0.3) is 0 Å². The van der Waals surface area contributed by atoms with Crippen molar-refractivity contribution in [3.8, 4) is 0 Å². The summed E-state index contributed by atoms with van der Waals surface area (Å²) in [4.78, 5) is 13.4. The maximum Gasteiger partial charge on any atom is 0.325 e. The van der Waals surface area contributed by atoms with E-state index in [9.17, 15) is 4.79 Å². The lowest BCUT2D eigenvalue weighted by Crippen LogP contribution is -2.43. The Bertz CT molecular complexity index is 200. The summed E-state index contributed by atoms with van der Waals surface area (Å²) in [5, 5.41) is 0. The number of rotatable bonds is 1. The number of nitrogens with zero attached hydrogens (tertiary/aromatic N) is 1. The molecule has 0 amide bonds. The SMILES string of the molecule is CC.CC.CC(C)C1C(=O)OC(C)(C)N1C. The molecule has 0 saturated carbocycles. The maximum atomic E-state index is 11.4. The van der Waals surface area contributed by atoms with Crippen LogP contribution in [0.1, 0.15) is 55.4 Å². The molecule has 1 heterocycles. The fourth-order valence-corrected chi connectivity index (χ4v) is 1.59. The van der Waals surface area contributed by atoms with Gasteiger partial charge in [0.15, 0.2) is 5.72 Å². The normalized spacial score (nSPS) is 22.9. The Labute approximate surface area is 101 Å². The number of esters is 1. The highest BCUT2D eigenvalue weighted by atomic mass is 16.6. The molecule has 0 radical (unpaired) electrons. The molecule has 3 nitrogen and oxygen atoms in total. The topological polar surface area (TPSA) is 29.5 Å². The van der Waals surface area contributed by atoms with Crippen LogP contribution < -0.4 is 0 Å².